The monoisotopic (exact) mass is 305 g/mol. The number of likely N-dealkylation sites (tertiary alicyclic amines) is 1. The average molecular weight is 305 g/mol. The fourth-order valence-electron chi connectivity index (χ4n) is 3.23. The molecule has 1 saturated heterocycles. The van der Waals surface area contributed by atoms with Crippen molar-refractivity contribution in [2.75, 3.05) is 25.0 Å². The first-order valence-electron chi connectivity index (χ1n) is 8.35. The lowest BCUT2D eigenvalue weighted by molar-refractivity contribution is 0.256. The highest BCUT2D eigenvalue weighted by Crippen LogP contribution is 2.25. The Hall–Kier alpha value is -2.31. The van der Waals surface area contributed by atoms with Gasteiger partial charge in [-0.05, 0) is 49.2 Å². The van der Waals surface area contributed by atoms with Gasteiger partial charge in [-0.2, -0.15) is 5.26 Å². The number of benzene rings is 2. The SMILES string of the molecule is N#CCc1ccc(NCC(c2ccccc2)N2CCCC2)cc1. The molecule has 1 aliphatic heterocycles. The molecule has 3 rings (SSSR count). The van der Waals surface area contributed by atoms with Crippen molar-refractivity contribution in [2.24, 2.45) is 0 Å². The van der Waals surface area contributed by atoms with Gasteiger partial charge in [-0.25, -0.2) is 0 Å². The van der Waals surface area contributed by atoms with Gasteiger partial charge in [0, 0.05) is 12.2 Å². The first-order chi connectivity index (χ1) is 11.4. The number of hydrogen-bond acceptors (Lipinski definition) is 3. The van der Waals surface area contributed by atoms with Crippen molar-refractivity contribution < 1.29 is 0 Å². The molecule has 118 valence electrons. The minimum atomic E-state index is 0.414. The third-order valence-electron chi connectivity index (χ3n) is 4.50. The number of nitriles is 1. The largest absolute Gasteiger partial charge is 0.383 e. The maximum absolute atomic E-state index is 8.74. The van der Waals surface area contributed by atoms with Crippen LogP contribution in [0.4, 0.5) is 5.69 Å². The molecule has 23 heavy (non-hydrogen) atoms. The van der Waals surface area contributed by atoms with Gasteiger partial charge >= 0.3 is 0 Å². The van der Waals surface area contributed by atoms with Crippen LogP contribution in [0.1, 0.15) is 30.0 Å². The van der Waals surface area contributed by atoms with Crippen LogP contribution in [0.2, 0.25) is 0 Å². The Morgan fingerprint density at radius 3 is 2.35 bits per heavy atom. The summed E-state index contributed by atoms with van der Waals surface area (Å²) in [7, 11) is 0. The zero-order valence-corrected chi connectivity index (χ0v) is 13.4. The standard InChI is InChI=1S/C20H23N3/c21-13-12-17-8-10-19(11-9-17)22-16-20(23-14-4-5-15-23)18-6-2-1-3-7-18/h1-3,6-11,20,22H,4-5,12,14-16H2. The van der Waals surface area contributed by atoms with E-state index in [1.165, 1.54) is 31.5 Å². The van der Waals surface area contributed by atoms with Crippen LogP contribution in [0.15, 0.2) is 54.6 Å². The fraction of sp³-hybridized carbons (Fsp3) is 0.350. The molecule has 0 bridgehead atoms. The Balaban J connectivity index is 1.68. The van der Waals surface area contributed by atoms with Gasteiger partial charge in [0.05, 0.1) is 18.5 Å². The zero-order chi connectivity index (χ0) is 15.9. The van der Waals surface area contributed by atoms with E-state index in [-0.39, 0.29) is 0 Å². The number of nitrogens with zero attached hydrogens (tertiary/aromatic N) is 2. The van der Waals surface area contributed by atoms with Crippen molar-refractivity contribution >= 4 is 5.69 Å². The lowest BCUT2D eigenvalue weighted by atomic mass is 10.1. The Kier molecular flexibility index (Phi) is 5.29. The van der Waals surface area contributed by atoms with E-state index in [0.717, 1.165) is 17.8 Å². The Morgan fingerprint density at radius 2 is 1.70 bits per heavy atom. The second kappa shape index (κ2) is 7.80. The van der Waals surface area contributed by atoms with E-state index in [1.807, 2.05) is 12.1 Å². The Morgan fingerprint density at radius 1 is 1.00 bits per heavy atom. The number of nitrogens with one attached hydrogen (secondary N) is 1. The number of rotatable bonds is 6. The first-order valence-corrected chi connectivity index (χ1v) is 8.35. The quantitative estimate of drug-likeness (QED) is 0.876. The van der Waals surface area contributed by atoms with E-state index in [9.17, 15) is 0 Å². The highest BCUT2D eigenvalue weighted by Gasteiger charge is 2.22. The van der Waals surface area contributed by atoms with Crippen LogP contribution in [0.5, 0.6) is 0 Å². The van der Waals surface area contributed by atoms with Crippen molar-refractivity contribution in [2.45, 2.75) is 25.3 Å². The van der Waals surface area contributed by atoms with E-state index in [1.54, 1.807) is 0 Å². The van der Waals surface area contributed by atoms with E-state index >= 15 is 0 Å². The van der Waals surface area contributed by atoms with Crippen LogP contribution in [-0.2, 0) is 6.42 Å². The van der Waals surface area contributed by atoms with Gasteiger partial charge in [0.15, 0.2) is 0 Å². The van der Waals surface area contributed by atoms with Gasteiger partial charge < -0.3 is 5.32 Å². The lowest BCUT2D eigenvalue weighted by Crippen LogP contribution is -2.31. The molecule has 3 heteroatoms. The van der Waals surface area contributed by atoms with Crippen molar-refractivity contribution in [1.82, 2.24) is 4.90 Å². The molecule has 2 aromatic rings. The van der Waals surface area contributed by atoms with Gasteiger partial charge in [-0.1, -0.05) is 42.5 Å². The third kappa shape index (κ3) is 4.12. The second-order valence-electron chi connectivity index (χ2n) is 6.08. The maximum Gasteiger partial charge on any atom is 0.0669 e. The molecule has 0 saturated carbocycles. The molecule has 0 aromatic heterocycles. The lowest BCUT2D eigenvalue weighted by Gasteiger charge is -2.28. The highest BCUT2D eigenvalue weighted by atomic mass is 15.2. The van der Waals surface area contributed by atoms with Gasteiger partial charge in [-0.15, -0.1) is 0 Å². The van der Waals surface area contributed by atoms with E-state index < -0.39 is 0 Å². The summed E-state index contributed by atoms with van der Waals surface area (Å²) < 4.78 is 0. The molecule has 0 spiro atoms. The van der Waals surface area contributed by atoms with Crippen LogP contribution in [0.25, 0.3) is 0 Å². The third-order valence-corrected chi connectivity index (χ3v) is 4.50. The first kappa shape index (κ1) is 15.6. The topological polar surface area (TPSA) is 39.1 Å². The maximum atomic E-state index is 8.74. The van der Waals surface area contributed by atoms with Crippen LogP contribution in [0, 0.1) is 11.3 Å². The summed E-state index contributed by atoms with van der Waals surface area (Å²) in [6, 6.07) is 21.6. The summed E-state index contributed by atoms with van der Waals surface area (Å²) >= 11 is 0. The molecule has 1 N–H and O–H groups in total. The second-order valence-corrected chi connectivity index (χ2v) is 6.08. The molecule has 2 aromatic carbocycles. The number of anilines is 1. The predicted octanol–water partition coefficient (Wildman–Crippen LogP) is 4.00. The van der Waals surface area contributed by atoms with Crippen molar-refractivity contribution in [1.29, 1.82) is 5.26 Å². The molecule has 3 nitrogen and oxygen atoms in total. The highest BCUT2D eigenvalue weighted by molar-refractivity contribution is 5.45. The number of hydrogen-bond donors (Lipinski definition) is 1. The Bertz CT molecular complexity index is 637. The molecule has 1 atom stereocenters. The summed E-state index contributed by atoms with van der Waals surface area (Å²) in [6.45, 7) is 3.27. The zero-order valence-electron chi connectivity index (χ0n) is 13.4. The van der Waals surface area contributed by atoms with Gasteiger partial charge in [0.1, 0.15) is 0 Å². The van der Waals surface area contributed by atoms with Crippen molar-refractivity contribution in [3.05, 3.63) is 65.7 Å². The van der Waals surface area contributed by atoms with Crippen LogP contribution < -0.4 is 5.32 Å². The molecule has 1 heterocycles. The molecule has 0 aliphatic carbocycles. The molecular weight excluding hydrogens is 282 g/mol. The fourth-order valence-corrected chi connectivity index (χ4v) is 3.23. The molecule has 0 radical (unpaired) electrons. The molecule has 1 aliphatic rings. The summed E-state index contributed by atoms with van der Waals surface area (Å²) in [4.78, 5) is 2.58. The van der Waals surface area contributed by atoms with Gasteiger partial charge in [0.2, 0.25) is 0 Å². The minimum absolute atomic E-state index is 0.414. The summed E-state index contributed by atoms with van der Waals surface area (Å²) in [5.41, 5.74) is 3.56. The van der Waals surface area contributed by atoms with Crippen molar-refractivity contribution in [3.8, 4) is 6.07 Å². The van der Waals surface area contributed by atoms with Gasteiger partial charge in [-0.3, -0.25) is 4.90 Å². The van der Waals surface area contributed by atoms with Gasteiger partial charge in [0.25, 0.3) is 0 Å². The molecular formula is C20H23N3. The van der Waals surface area contributed by atoms with Crippen LogP contribution >= 0.6 is 0 Å². The van der Waals surface area contributed by atoms with Crippen LogP contribution in [0.3, 0.4) is 0 Å². The normalized spacial score (nSPS) is 16.0. The minimum Gasteiger partial charge on any atom is -0.383 e. The molecule has 0 amide bonds. The molecule has 1 fully saturated rings. The molecule has 1 unspecified atom stereocenters. The smallest absolute Gasteiger partial charge is 0.0669 e. The van der Waals surface area contributed by atoms with E-state index in [4.69, 9.17) is 5.26 Å². The average Bonchev–Trinajstić information content (AvgIpc) is 3.12. The summed E-state index contributed by atoms with van der Waals surface area (Å²) in [5, 5.41) is 12.3. The van der Waals surface area contributed by atoms with E-state index in [2.05, 4.69) is 58.8 Å². The Labute approximate surface area is 138 Å². The predicted molar refractivity (Wildman–Crippen MR) is 94.2 cm³/mol. The van der Waals surface area contributed by atoms with E-state index in [0.29, 0.717) is 12.5 Å². The van der Waals surface area contributed by atoms with Crippen molar-refractivity contribution in [3.63, 3.8) is 0 Å². The van der Waals surface area contributed by atoms with Crippen LogP contribution in [-0.4, -0.2) is 24.5 Å². The summed E-state index contributed by atoms with van der Waals surface area (Å²) in [6.07, 6.45) is 3.07. The summed E-state index contributed by atoms with van der Waals surface area (Å²) in [5.74, 6) is 0.